The van der Waals surface area contributed by atoms with Gasteiger partial charge in [-0.3, -0.25) is 0 Å². The molecule has 4 aromatic rings. The first-order valence-electron chi connectivity index (χ1n) is 13.3. The first-order valence-corrected chi connectivity index (χ1v) is 13.3. The van der Waals surface area contributed by atoms with E-state index in [1.807, 2.05) is 42.5 Å². The van der Waals surface area contributed by atoms with Gasteiger partial charge in [0.05, 0.1) is 30.5 Å². The Bertz CT molecular complexity index is 1320. The second kappa shape index (κ2) is 12.8. The molecule has 6 heteroatoms. The van der Waals surface area contributed by atoms with Crippen LogP contribution in [0.2, 0.25) is 0 Å². The number of ether oxygens (including phenoxy) is 4. The lowest BCUT2D eigenvalue weighted by Gasteiger charge is -2.33. The van der Waals surface area contributed by atoms with Gasteiger partial charge in [0.25, 0.3) is 0 Å². The number of methoxy groups -OCH3 is 1. The van der Waals surface area contributed by atoms with Crippen molar-refractivity contribution in [2.75, 3.05) is 38.3 Å². The van der Waals surface area contributed by atoms with Gasteiger partial charge in [0, 0.05) is 42.9 Å². The third-order valence-electron chi connectivity index (χ3n) is 7.04. The number of hydrogen-bond acceptors (Lipinski definition) is 6. The normalized spacial score (nSPS) is 14.1. The van der Waals surface area contributed by atoms with Crippen molar-refractivity contribution in [1.82, 2.24) is 4.98 Å². The van der Waals surface area contributed by atoms with Gasteiger partial charge in [-0.25, -0.2) is 4.98 Å². The van der Waals surface area contributed by atoms with Crippen LogP contribution in [0.5, 0.6) is 11.5 Å². The molecule has 1 aliphatic rings. The lowest BCUT2D eigenvalue weighted by Crippen LogP contribution is -2.37. The van der Waals surface area contributed by atoms with E-state index in [2.05, 4.69) is 48.2 Å². The average molecular weight is 513 g/mol. The van der Waals surface area contributed by atoms with Crippen molar-refractivity contribution in [2.24, 2.45) is 0 Å². The minimum Gasteiger partial charge on any atom is -0.488 e. The predicted molar refractivity (Wildman–Crippen MR) is 151 cm³/mol. The highest BCUT2D eigenvalue weighted by Crippen LogP contribution is 2.32. The highest BCUT2D eigenvalue weighted by atomic mass is 16.5. The maximum atomic E-state index is 6.35. The summed E-state index contributed by atoms with van der Waals surface area (Å²) in [4.78, 5) is 7.32. The number of pyridine rings is 1. The van der Waals surface area contributed by atoms with E-state index in [-0.39, 0.29) is 0 Å². The number of nitrogens with zero attached hydrogens (tertiary/aromatic N) is 2. The van der Waals surface area contributed by atoms with Crippen molar-refractivity contribution in [3.8, 4) is 11.5 Å². The fraction of sp³-hybridized carbons (Fsp3) is 0.344. The molecule has 0 N–H and O–H groups in total. The van der Waals surface area contributed by atoms with Gasteiger partial charge >= 0.3 is 0 Å². The summed E-state index contributed by atoms with van der Waals surface area (Å²) in [6.07, 6.45) is 2.34. The van der Waals surface area contributed by atoms with Crippen LogP contribution in [0, 0.1) is 6.92 Å². The van der Waals surface area contributed by atoms with E-state index in [0.29, 0.717) is 32.5 Å². The molecule has 0 saturated carbocycles. The Kier molecular flexibility index (Phi) is 8.74. The molecular weight excluding hydrogens is 476 g/mol. The molecule has 6 nitrogen and oxygen atoms in total. The third-order valence-corrected chi connectivity index (χ3v) is 7.04. The highest BCUT2D eigenvalue weighted by molar-refractivity contribution is 5.86. The van der Waals surface area contributed by atoms with Crippen molar-refractivity contribution < 1.29 is 18.9 Å². The molecule has 0 radical (unpaired) electrons. The van der Waals surface area contributed by atoms with Gasteiger partial charge in [-0.2, -0.15) is 0 Å². The van der Waals surface area contributed by atoms with Crippen LogP contribution in [0.1, 0.15) is 29.7 Å². The Labute approximate surface area is 225 Å². The molecule has 2 heterocycles. The molecule has 1 aliphatic heterocycles. The third kappa shape index (κ3) is 6.44. The number of para-hydroxylation sites is 1. The minimum absolute atomic E-state index is 0.307. The number of piperidine rings is 1. The molecule has 0 unspecified atom stereocenters. The Morgan fingerprint density at radius 3 is 2.45 bits per heavy atom. The lowest BCUT2D eigenvalue weighted by atomic mass is 10.1. The molecule has 1 saturated heterocycles. The number of benzene rings is 3. The van der Waals surface area contributed by atoms with Crippen molar-refractivity contribution in [1.29, 1.82) is 0 Å². The maximum Gasteiger partial charge on any atom is 0.134 e. The second-order valence-electron chi connectivity index (χ2n) is 9.64. The molecule has 38 heavy (non-hydrogen) atoms. The molecule has 0 bridgehead atoms. The van der Waals surface area contributed by atoms with E-state index in [9.17, 15) is 0 Å². The van der Waals surface area contributed by atoms with E-state index in [0.717, 1.165) is 65.2 Å². The first-order chi connectivity index (χ1) is 18.7. The molecule has 0 atom stereocenters. The predicted octanol–water partition coefficient (Wildman–Crippen LogP) is 6.33. The molecule has 3 aromatic carbocycles. The summed E-state index contributed by atoms with van der Waals surface area (Å²) in [5, 5.41) is 1.02. The van der Waals surface area contributed by atoms with E-state index in [1.54, 1.807) is 7.11 Å². The molecule has 1 aromatic heterocycles. The Hall–Kier alpha value is -3.61. The maximum absolute atomic E-state index is 6.35. The van der Waals surface area contributed by atoms with Gasteiger partial charge in [-0.1, -0.05) is 48.5 Å². The summed E-state index contributed by atoms with van der Waals surface area (Å²) in [5.41, 5.74) is 5.10. The fourth-order valence-corrected chi connectivity index (χ4v) is 4.88. The summed E-state index contributed by atoms with van der Waals surface area (Å²) >= 11 is 0. The first kappa shape index (κ1) is 26.0. The molecule has 1 fully saturated rings. The van der Waals surface area contributed by atoms with E-state index in [1.165, 1.54) is 5.69 Å². The van der Waals surface area contributed by atoms with Crippen LogP contribution in [0.15, 0.2) is 78.9 Å². The number of aromatic nitrogens is 1. The molecule has 198 valence electrons. The average Bonchev–Trinajstić information content (AvgIpc) is 2.97. The minimum atomic E-state index is 0.307. The second-order valence-corrected chi connectivity index (χ2v) is 9.64. The van der Waals surface area contributed by atoms with Crippen LogP contribution in [0.3, 0.4) is 0 Å². The smallest absolute Gasteiger partial charge is 0.134 e. The number of fused-ring (bicyclic) bond motifs is 1. The van der Waals surface area contributed by atoms with Gasteiger partial charge in [0.1, 0.15) is 24.7 Å². The van der Waals surface area contributed by atoms with Crippen LogP contribution >= 0.6 is 0 Å². The van der Waals surface area contributed by atoms with Crippen LogP contribution in [0.4, 0.5) is 5.69 Å². The summed E-state index contributed by atoms with van der Waals surface area (Å²) in [6, 6.07) is 26.7. The van der Waals surface area contributed by atoms with Crippen LogP contribution in [-0.4, -0.2) is 44.5 Å². The van der Waals surface area contributed by atoms with Gasteiger partial charge in [-0.05, 0) is 49.6 Å². The van der Waals surface area contributed by atoms with Crippen molar-refractivity contribution in [3.63, 3.8) is 0 Å². The number of hydrogen-bond donors (Lipinski definition) is 0. The Morgan fingerprint density at radius 1 is 0.842 bits per heavy atom. The zero-order valence-electron chi connectivity index (χ0n) is 22.3. The quantitative estimate of drug-likeness (QED) is 0.219. The standard InChI is InChI=1S/C32H36N2O4/c1-24-31(33-30-14-7-6-13-29(30)32(24)38-22-25-9-4-3-5-10-25)23-37-28-12-8-11-26(21-28)34-17-15-27(16-18-34)36-20-19-35-2/h3-14,21,27H,15-20,22-23H2,1-2H3. The van der Waals surface area contributed by atoms with E-state index >= 15 is 0 Å². The van der Waals surface area contributed by atoms with Gasteiger partial charge in [-0.15, -0.1) is 0 Å². The summed E-state index contributed by atoms with van der Waals surface area (Å²) in [6.45, 7) is 6.18. The van der Waals surface area contributed by atoms with Gasteiger partial charge in [0.2, 0.25) is 0 Å². The van der Waals surface area contributed by atoms with E-state index in [4.69, 9.17) is 23.9 Å². The monoisotopic (exact) mass is 512 g/mol. The zero-order valence-corrected chi connectivity index (χ0v) is 22.3. The van der Waals surface area contributed by atoms with Gasteiger partial charge < -0.3 is 23.8 Å². The Balaban J connectivity index is 1.26. The molecule has 5 rings (SSSR count). The van der Waals surface area contributed by atoms with Crippen molar-refractivity contribution >= 4 is 16.6 Å². The van der Waals surface area contributed by atoms with Crippen molar-refractivity contribution in [3.05, 3.63) is 95.7 Å². The fourth-order valence-electron chi connectivity index (χ4n) is 4.88. The molecule has 0 spiro atoms. The number of rotatable bonds is 11. The Morgan fingerprint density at radius 2 is 1.63 bits per heavy atom. The lowest BCUT2D eigenvalue weighted by molar-refractivity contribution is 0.00610. The van der Waals surface area contributed by atoms with Crippen molar-refractivity contribution in [2.45, 2.75) is 39.1 Å². The van der Waals surface area contributed by atoms with Crippen LogP contribution in [0.25, 0.3) is 10.9 Å². The summed E-state index contributed by atoms with van der Waals surface area (Å²) < 4.78 is 23.6. The SMILES string of the molecule is COCCOC1CCN(c2cccc(OCc3nc4ccccc4c(OCc4ccccc4)c3C)c2)CC1. The van der Waals surface area contributed by atoms with E-state index < -0.39 is 0 Å². The molecule has 0 amide bonds. The van der Waals surface area contributed by atoms with Crippen LogP contribution in [-0.2, 0) is 22.7 Å². The number of anilines is 1. The topological polar surface area (TPSA) is 53.1 Å². The van der Waals surface area contributed by atoms with Crippen LogP contribution < -0.4 is 14.4 Å². The summed E-state index contributed by atoms with van der Waals surface area (Å²) in [5.74, 6) is 1.70. The molecule has 0 aliphatic carbocycles. The van der Waals surface area contributed by atoms with Gasteiger partial charge in [0.15, 0.2) is 0 Å². The highest BCUT2D eigenvalue weighted by Gasteiger charge is 2.20. The summed E-state index contributed by atoms with van der Waals surface area (Å²) in [7, 11) is 1.71. The zero-order chi connectivity index (χ0) is 26.2. The molecular formula is C32H36N2O4. The largest absolute Gasteiger partial charge is 0.488 e.